The van der Waals surface area contributed by atoms with Crippen molar-refractivity contribution in [1.29, 1.82) is 0 Å². The van der Waals surface area contributed by atoms with Gasteiger partial charge in [0.1, 0.15) is 0 Å². The number of rotatable bonds is 6. The van der Waals surface area contributed by atoms with Crippen molar-refractivity contribution in [1.82, 2.24) is 19.3 Å². The molecule has 4 aromatic rings. The molecule has 0 bridgehead atoms. The Bertz CT molecular complexity index is 1260. The highest BCUT2D eigenvalue weighted by Crippen LogP contribution is 2.26. The van der Waals surface area contributed by atoms with Crippen LogP contribution in [0.4, 0.5) is 0 Å². The largest absolute Gasteiger partial charge is 0.383 e. The van der Waals surface area contributed by atoms with Crippen molar-refractivity contribution < 1.29 is 4.74 Å². The highest BCUT2D eigenvalue weighted by Gasteiger charge is 2.19. The maximum atomic E-state index is 13.1. The number of methoxy groups -OCH3 is 1. The lowest BCUT2D eigenvalue weighted by molar-refractivity contribution is 0.183. The first-order valence-electron chi connectivity index (χ1n) is 9.09. The zero-order chi connectivity index (χ0) is 20.4. The third-order valence-electron chi connectivity index (χ3n) is 4.71. The third-order valence-corrected chi connectivity index (χ3v) is 4.96. The molecule has 148 valence electrons. The zero-order valence-electron chi connectivity index (χ0n) is 15.8. The van der Waals surface area contributed by atoms with Gasteiger partial charge in [-0.2, -0.15) is 0 Å². The molecule has 29 heavy (non-hydrogen) atoms. The fraction of sp³-hybridized carbons (Fsp3) is 0.190. The van der Waals surface area contributed by atoms with Crippen molar-refractivity contribution >= 4 is 22.5 Å². The Hall–Kier alpha value is -3.16. The summed E-state index contributed by atoms with van der Waals surface area (Å²) in [5.74, 6) is 0. The second-order valence-corrected chi connectivity index (χ2v) is 7.03. The molecule has 0 spiro atoms. The second kappa shape index (κ2) is 8.06. The fourth-order valence-electron chi connectivity index (χ4n) is 3.34. The Morgan fingerprint density at radius 3 is 2.62 bits per heavy atom. The number of benzene rings is 1. The summed E-state index contributed by atoms with van der Waals surface area (Å²) in [7, 11) is 1.57. The molecule has 0 amide bonds. The van der Waals surface area contributed by atoms with Crippen LogP contribution in [0.3, 0.4) is 0 Å². The molecule has 8 heteroatoms. The second-order valence-electron chi connectivity index (χ2n) is 6.60. The Labute approximate surface area is 171 Å². The number of pyridine rings is 2. The lowest BCUT2D eigenvalue weighted by Crippen LogP contribution is -2.24. The molecule has 0 saturated heterocycles. The van der Waals surface area contributed by atoms with Crippen molar-refractivity contribution in [3.8, 4) is 11.3 Å². The van der Waals surface area contributed by atoms with Gasteiger partial charge in [0, 0.05) is 24.4 Å². The summed E-state index contributed by atoms with van der Waals surface area (Å²) in [6.45, 7) is 0.982. The van der Waals surface area contributed by atoms with Gasteiger partial charge in [0.25, 0.3) is 11.1 Å². The number of aromatic nitrogens is 4. The Morgan fingerprint density at radius 1 is 1.14 bits per heavy atom. The molecule has 4 rings (SSSR count). The molecule has 1 N–H and O–H groups in total. The number of hydrogen-bond acceptors (Lipinski definition) is 4. The predicted molar refractivity (Wildman–Crippen MR) is 112 cm³/mol. The van der Waals surface area contributed by atoms with Gasteiger partial charge in [-0.05, 0) is 29.8 Å². The summed E-state index contributed by atoms with van der Waals surface area (Å²) >= 11 is 6.05. The molecule has 0 atom stereocenters. The normalized spacial score (nSPS) is 11.2. The van der Waals surface area contributed by atoms with Crippen molar-refractivity contribution in [2.24, 2.45) is 0 Å². The van der Waals surface area contributed by atoms with E-state index in [0.29, 0.717) is 34.8 Å². The van der Waals surface area contributed by atoms with E-state index in [4.69, 9.17) is 16.3 Å². The smallest absolute Gasteiger partial charge is 0.276 e. The number of H-pyrrole nitrogens is 1. The third kappa shape index (κ3) is 3.74. The summed E-state index contributed by atoms with van der Waals surface area (Å²) in [5.41, 5.74) is 2.03. The summed E-state index contributed by atoms with van der Waals surface area (Å²) in [6.07, 6.45) is 1.68. The van der Waals surface area contributed by atoms with E-state index in [1.807, 2.05) is 18.2 Å². The highest BCUT2D eigenvalue weighted by molar-refractivity contribution is 6.30. The van der Waals surface area contributed by atoms with E-state index in [1.165, 1.54) is 10.7 Å². The molecular formula is C21H19ClN4O3. The van der Waals surface area contributed by atoms with Gasteiger partial charge in [0.05, 0.1) is 42.0 Å². The van der Waals surface area contributed by atoms with E-state index in [2.05, 4.69) is 10.1 Å². The van der Waals surface area contributed by atoms with Gasteiger partial charge in [0.15, 0.2) is 0 Å². The van der Waals surface area contributed by atoms with Crippen LogP contribution in [0, 0.1) is 0 Å². The van der Waals surface area contributed by atoms with Crippen molar-refractivity contribution in [3.05, 3.63) is 86.2 Å². The molecule has 0 unspecified atom stereocenters. The minimum atomic E-state index is -0.228. The van der Waals surface area contributed by atoms with Crippen molar-refractivity contribution in [2.45, 2.75) is 13.1 Å². The van der Waals surface area contributed by atoms with Gasteiger partial charge in [-0.25, -0.2) is 4.68 Å². The van der Waals surface area contributed by atoms with E-state index < -0.39 is 0 Å². The fourth-order valence-corrected chi connectivity index (χ4v) is 3.47. The van der Waals surface area contributed by atoms with Crippen LogP contribution in [0.15, 0.2) is 64.3 Å². The molecule has 0 fully saturated rings. The number of nitrogens with zero attached hydrogens (tertiary/aromatic N) is 3. The van der Waals surface area contributed by atoms with Gasteiger partial charge >= 0.3 is 0 Å². The summed E-state index contributed by atoms with van der Waals surface area (Å²) in [6, 6.07) is 14.0. The first-order chi connectivity index (χ1) is 14.1. The number of aromatic amines is 1. The Morgan fingerprint density at radius 2 is 1.93 bits per heavy atom. The number of fused-ring (bicyclic) bond motifs is 1. The molecule has 1 aromatic carbocycles. The number of halogens is 1. The van der Waals surface area contributed by atoms with Gasteiger partial charge in [-0.15, -0.1) is 0 Å². The van der Waals surface area contributed by atoms with Crippen LogP contribution in [-0.4, -0.2) is 33.0 Å². The molecule has 0 aliphatic carbocycles. The monoisotopic (exact) mass is 410 g/mol. The average molecular weight is 411 g/mol. The molecular weight excluding hydrogens is 392 g/mol. The topological polar surface area (TPSA) is 81.9 Å². The van der Waals surface area contributed by atoms with E-state index in [0.717, 1.165) is 11.3 Å². The van der Waals surface area contributed by atoms with Crippen molar-refractivity contribution in [3.63, 3.8) is 0 Å². The van der Waals surface area contributed by atoms with Crippen LogP contribution in [0.1, 0.15) is 5.69 Å². The highest BCUT2D eigenvalue weighted by atomic mass is 35.5. The van der Waals surface area contributed by atoms with Crippen LogP contribution < -0.4 is 11.1 Å². The Balaban J connectivity index is 2.00. The molecule has 0 aliphatic rings. The minimum Gasteiger partial charge on any atom is -0.383 e. The summed E-state index contributed by atoms with van der Waals surface area (Å²) in [5, 5.41) is 4.04. The molecule has 3 heterocycles. The number of hydrogen-bond donors (Lipinski definition) is 1. The zero-order valence-corrected chi connectivity index (χ0v) is 16.5. The van der Waals surface area contributed by atoms with E-state index in [1.54, 1.807) is 42.1 Å². The van der Waals surface area contributed by atoms with Crippen LogP contribution >= 0.6 is 11.6 Å². The standard InChI is InChI=1S/C21H19ClN4O3/c1-29-11-10-26-21(28)19-17(24-26)12-18(27)25(13-16-4-2-3-9-23-16)20(19)14-5-7-15(22)8-6-14/h2-9,12,24H,10-11,13H2,1H3. The Kier molecular flexibility index (Phi) is 5.33. The molecule has 0 aliphatic heterocycles. The lowest BCUT2D eigenvalue weighted by Gasteiger charge is -2.13. The molecule has 0 radical (unpaired) electrons. The van der Waals surface area contributed by atoms with Gasteiger partial charge < -0.3 is 9.30 Å². The molecule has 0 saturated carbocycles. The van der Waals surface area contributed by atoms with Gasteiger partial charge in [-0.3, -0.25) is 19.7 Å². The first kappa shape index (κ1) is 19.2. The predicted octanol–water partition coefficient (Wildman–Crippen LogP) is 2.90. The SMILES string of the molecule is COCCn1[nH]c2cc(=O)n(Cc3ccccn3)c(-c3ccc(Cl)cc3)c2c1=O. The molecule has 7 nitrogen and oxygen atoms in total. The van der Waals surface area contributed by atoms with E-state index in [-0.39, 0.29) is 17.7 Å². The average Bonchev–Trinajstić information content (AvgIpc) is 3.03. The first-order valence-corrected chi connectivity index (χ1v) is 9.47. The minimum absolute atomic E-state index is 0.211. The lowest BCUT2D eigenvalue weighted by atomic mass is 10.1. The number of ether oxygens (including phenoxy) is 1. The van der Waals surface area contributed by atoms with Crippen LogP contribution in [0.5, 0.6) is 0 Å². The van der Waals surface area contributed by atoms with Crippen LogP contribution in [0.25, 0.3) is 22.2 Å². The summed E-state index contributed by atoms with van der Waals surface area (Å²) < 4.78 is 8.11. The number of nitrogens with one attached hydrogen (secondary N) is 1. The van der Waals surface area contributed by atoms with Crippen LogP contribution in [-0.2, 0) is 17.8 Å². The van der Waals surface area contributed by atoms with Crippen LogP contribution in [0.2, 0.25) is 5.02 Å². The molecule has 3 aromatic heterocycles. The van der Waals surface area contributed by atoms with Gasteiger partial charge in [0.2, 0.25) is 0 Å². The van der Waals surface area contributed by atoms with Gasteiger partial charge in [-0.1, -0.05) is 29.8 Å². The quantitative estimate of drug-likeness (QED) is 0.530. The van der Waals surface area contributed by atoms with E-state index >= 15 is 0 Å². The maximum absolute atomic E-state index is 13.1. The maximum Gasteiger partial charge on any atom is 0.276 e. The van der Waals surface area contributed by atoms with E-state index in [9.17, 15) is 9.59 Å². The van der Waals surface area contributed by atoms with Crippen molar-refractivity contribution in [2.75, 3.05) is 13.7 Å². The summed E-state index contributed by atoms with van der Waals surface area (Å²) in [4.78, 5) is 30.4.